The predicted molar refractivity (Wildman–Crippen MR) is 91.8 cm³/mol. The van der Waals surface area contributed by atoms with Gasteiger partial charge in [-0.25, -0.2) is 0 Å². The molecule has 0 aromatic heterocycles. The van der Waals surface area contributed by atoms with Crippen molar-refractivity contribution in [1.82, 2.24) is 0 Å². The summed E-state index contributed by atoms with van der Waals surface area (Å²) in [5, 5.41) is 11.0. The van der Waals surface area contributed by atoms with Crippen LogP contribution in [-0.4, -0.2) is 33.8 Å². The van der Waals surface area contributed by atoms with Crippen LogP contribution in [0.1, 0.15) is 5.56 Å². The molecule has 134 valence electrons. The number of benzene rings is 2. The molecule has 0 saturated carbocycles. The van der Waals surface area contributed by atoms with Crippen LogP contribution in [0.4, 0.5) is 5.69 Å². The zero-order valence-electron chi connectivity index (χ0n) is 14.1. The fourth-order valence-electron chi connectivity index (χ4n) is 2.34. The standard InChI is InChI=1S/C16H17NO7S/c1-10-14(22-2)7-11(8-15(10)23-3)13-6-5-12(17(18)19)9-16(13)24-25(4,20)21/h5-9H,1-4H3. The van der Waals surface area contributed by atoms with E-state index in [9.17, 15) is 18.5 Å². The Morgan fingerprint density at radius 3 is 2.00 bits per heavy atom. The van der Waals surface area contributed by atoms with E-state index in [4.69, 9.17) is 13.7 Å². The summed E-state index contributed by atoms with van der Waals surface area (Å²) in [7, 11) is -0.884. The van der Waals surface area contributed by atoms with E-state index in [1.165, 1.54) is 26.4 Å². The number of rotatable bonds is 6. The second kappa shape index (κ2) is 6.98. The zero-order chi connectivity index (χ0) is 18.8. The Hall–Kier alpha value is -2.81. The summed E-state index contributed by atoms with van der Waals surface area (Å²) >= 11 is 0. The maximum absolute atomic E-state index is 11.5. The molecule has 9 heteroatoms. The van der Waals surface area contributed by atoms with Gasteiger partial charge in [-0.3, -0.25) is 10.1 Å². The average molecular weight is 367 g/mol. The smallest absolute Gasteiger partial charge is 0.306 e. The van der Waals surface area contributed by atoms with E-state index in [-0.39, 0.29) is 11.4 Å². The summed E-state index contributed by atoms with van der Waals surface area (Å²) in [5.74, 6) is 0.903. The van der Waals surface area contributed by atoms with Crippen LogP contribution in [0.15, 0.2) is 30.3 Å². The molecule has 0 aliphatic heterocycles. The van der Waals surface area contributed by atoms with Gasteiger partial charge in [-0.15, -0.1) is 0 Å². The number of nitro benzene ring substituents is 1. The van der Waals surface area contributed by atoms with Crippen LogP contribution in [0.5, 0.6) is 17.2 Å². The van der Waals surface area contributed by atoms with Crippen molar-refractivity contribution in [2.45, 2.75) is 6.92 Å². The first-order valence-corrected chi connectivity index (χ1v) is 8.89. The Kier molecular flexibility index (Phi) is 5.17. The summed E-state index contributed by atoms with van der Waals surface area (Å²) in [6.45, 7) is 1.81. The molecule has 0 bridgehead atoms. The molecule has 0 aliphatic rings. The topological polar surface area (TPSA) is 105 Å². The highest BCUT2D eigenvalue weighted by atomic mass is 32.2. The summed E-state index contributed by atoms with van der Waals surface area (Å²) < 4.78 is 38.6. The van der Waals surface area contributed by atoms with Gasteiger partial charge >= 0.3 is 10.1 Å². The van der Waals surface area contributed by atoms with Gasteiger partial charge in [0.1, 0.15) is 11.5 Å². The first-order valence-electron chi connectivity index (χ1n) is 7.07. The first-order chi connectivity index (χ1) is 11.7. The minimum Gasteiger partial charge on any atom is -0.496 e. The third kappa shape index (κ3) is 4.18. The number of nitro groups is 1. The van der Waals surface area contributed by atoms with E-state index in [1.807, 2.05) is 6.92 Å². The number of non-ortho nitro benzene ring substituents is 1. The van der Waals surface area contributed by atoms with Crippen molar-refractivity contribution in [3.05, 3.63) is 46.0 Å². The monoisotopic (exact) mass is 367 g/mol. The summed E-state index contributed by atoms with van der Waals surface area (Å²) in [6, 6.07) is 7.10. The van der Waals surface area contributed by atoms with Crippen molar-refractivity contribution in [2.24, 2.45) is 0 Å². The van der Waals surface area contributed by atoms with Gasteiger partial charge < -0.3 is 13.7 Å². The lowest BCUT2D eigenvalue weighted by Gasteiger charge is -2.15. The van der Waals surface area contributed by atoms with Crippen molar-refractivity contribution in [3.63, 3.8) is 0 Å². The molecule has 0 spiro atoms. The Labute approximate surface area is 145 Å². The number of hydrogen-bond donors (Lipinski definition) is 0. The zero-order valence-corrected chi connectivity index (χ0v) is 14.9. The molecule has 0 saturated heterocycles. The molecule has 8 nitrogen and oxygen atoms in total. The van der Waals surface area contributed by atoms with Crippen LogP contribution in [0.2, 0.25) is 0 Å². The van der Waals surface area contributed by atoms with Crippen LogP contribution in [0.3, 0.4) is 0 Å². The Morgan fingerprint density at radius 1 is 1.00 bits per heavy atom. The van der Waals surface area contributed by atoms with Gasteiger partial charge in [-0.05, 0) is 30.7 Å². The van der Waals surface area contributed by atoms with Gasteiger partial charge in [-0.2, -0.15) is 8.42 Å². The lowest BCUT2D eigenvalue weighted by molar-refractivity contribution is -0.384. The molecule has 0 fully saturated rings. The number of methoxy groups -OCH3 is 2. The fourth-order valence-corrected chi connectivity index (χ4v) is 2.80. The van der Waals surface area contributed by atoms with Crippen LogP contribution >= 0.6 is 0 Å². The molecule has 0 unspecified atom stereocenters. The van der Waals surface area contributed by atoms with Crippen LogP contribution in [-0.2, 0) is 10.1 Å². The normalized spacial score (nSPS) is 11.0. The second-order valence-corrected chi connectivity index (χ2v) is 6.81. The predicted octanol–water partition coefficient (Wildman–Crippen LogP) is 2.93. The Balaban J connectivity index is 2.71. The van der Waals surface area contributed by atoms with Crippen LogP contribution < -0.4 is 13.7 Å². The Morgan fingerprint density at radius 2 is 1.56 bits per heavy atom. The van der Waals surface area contributed by atoms with Gasteiger partial charge in [0, 0.05) is 17.2 Å². The van der Waals surface area contributed by atoms with E-state index < -0.39 is 15.0 Å². The van der Waals surface area contributed by atoms with Gasteiger partial charge in [0.15, 0.2) is 5.75 Å². The number of nitrogens with zero attached hydrogens (tertiary/aromatic N) is 1. The van der Waals surface area contributed by atoms with Crippen molar-refractivity contribution in [2.75, 3.05) is 20.5 Å². The molecular weight excluding hydrogens is 350 g/mol. The van der Waals surface area contributed by atoms with Gasteiger partial charge in [0.2, 0.25) is 0 Å². The molecule has 2 rings (SSSR count). The van der Waals surface area contributed by atoms with Gasteiger partial charge in [0.05, 0.1) is 31.5 Å². The lowest BCUT2D eigenvalue weighted by atomic mass is 10.0. The van der Waals surface area contributed by atoms with Crippen molar-refractivity contribution in [3.8, 4) is 28.4 Å². The molecule has 2 aromatic rings. The van der Waals surface area contributed by atoms with Crippen LogP contribution in [0.25, 0.3) is 11.1 Å². The summed E-state index contributed by atoms with van der Waals surface area (Å²) in [5.41, 5.74) is 1.37. The van der Waals surface area contributed by atoms with E-state index in [1.54, 1.807) is 12.1 Å². The van der Waals surface area contributed by atoms with Crippen molar-refractivity contribution >= 4 is 15.8 Å². The quantitative estimate of drug-likeness (QED) is 0.439. The third-order valence-corrected chi connectivity index (χ3v) is 3.96. The fraction of sp³-hybridized carbons (Fsp3) is 0.250. The third-order valence-electron chi connectivity index (χ3n) is 3.48. The highest BCUT2D eigenvalue weighted by Crippen LogP contribution is 2.39. The van der Waals surface area contributed by atoms with E-state index in [2.05, 4.69) is 0 Å². The SMILES string of the molecule is COc1cc(-c2ccc([N+](=O)[O-])cc2OS(C)(=O)=O)cc(OC)c1C. The lowest BCUT2D eigenvalue weighted by Crippen LogP contribution is -2.07. The second-order valence-electron chi connectivity index (χ2n) is 5.23. The summed E-state index contributed by atoms with van der Waals surface area (Å²) in [4.78, 5) is 10.3. The molecule has 25 heavy (non-hydrogen) atoms. The molecular formula is C16H17NO7S. The van der Waals surface area contributed by atoms with E-state index >= 15 is 0 Å². The molecule has 0 radical (unpaired) electrons. The minimum atomic E-state index is -3.87. The molecule has 2 aromatic carbocycles. The maximum atomic E-state index is 11.5. The molecule has 0 heterocycles. The number of ether oxygens (including phenoxy) is 2. The molecule has 0 aliphatic carbocycles. The van der Waals surface area contributed by atoms with E-state index in [0.717, 1.165) is 17.9 Å². The Bertz CT molecular complexity index is 897. The molecule has 0 atom stereocenters. The summed E-state index contributed by atoms with van der Waals surface area (Å²) in [6.07, 6.45) is 0.867. The highest BCUT2D eigenvalue weighted by molar-refractivity contribution is 7.86. The molecule has 0 amide bonds. The highest BCUT2D eigenvalue weighted by Gasteiger charge is 2.19. The van der Waals surface area contributed by atoms with E-state index in [0.29, 0.717) is 22.6 Å². The average Bonchev–Trinajstić information content (AvgIpc) is 2.53. The van der Waals surface area contributed by atoms with Gasteiger partial charge in [-0.1, -0.05) is 0 Å². The maximum Gasteiger partial charge on any atom is 0.306 e. The molecule has 0 N–H and O–H groups in total. The largest absolute Gasteiger partial charge is 0.496 e. The minimum absolute atomic E-state index is 0.148. The van der Waals surface area contributed by atoms with Crippen molar-refractivity contribution in [1.29, 1.82) is 0 Å². The van der Waals surface area contributed by atoms with Gasteiger partial charge in [0.25, 0.3) is 5.69 Å². The van der Waals surface area contributed by atoms with Crippen molar-refractivity contribution < 1.29 is 27.0 Å². The number of hydrogen-bond acceptors (Lipinski definition) is 7. The first kappa shape index (κ1) is 18.5. The van der Waals surface area contributed by atoms with Crippen LogP contribution in [0, 0.1) is 17.0 Å².